The summed E-state index contributed by atoms with van der Waals surface area (Å²) in [5.41, 5.74) is 2.46. The third-order valence-electron chi connectivity index (χ3n) is 3.26. The van der Waals surface area contributed by atoms with Gasteiger partial charge < -0.3 is 5.32 Å². The van der Waals surface area contributed by atoms with Crippen LogP contribution < -0.4 is 5.32 Å². The lowest BCUT2D eigenvalue weighted by molar-refractivity contribution is 0.484. The standard InChI is InChI=1S/C13H24BrN3/c1-5-7-8-10(15-3)9-12-13(14)11(6-2)16-17(12)4/h10,15H,5-9H2,1-4H3. The Morgan fingerprint density at radius 3 is 2.59 bits per heavy atom. The first-order valence-electron chi connectivity index (χ1n) is 6.51. The van der Waals surface area contributed by atoms with Gasteiger partial charge in [0.15, 0.2) is 0 Å². The molecule has 1 heterocycles. The Balaban J connectivity index is 2.75. The molecule has 1 N–H and O–H groups in total. The molecule has 1 aromatic rings. The molecule has 1 unspecified atom stereocenters. The topological polar surface area (TPSA) is 29.9 Å². The zero-order chi connectivity index (χ0) is 12.8. The highest BCUT2D eigenvalue weighted by molar-refractivity contribution is 9.10. The molecule has 0 amide bonds. The first-order chi connectivity index (χ1) is 8.13. The molecule has 1 aromatic heterocycles. The van der Waals surface area contributed by atoms with Crippen molar-refractivity contribution in [1.82, 2.24) is 15.1 Å². The zero-order valence-electron chi connectivity index (χ0n) is 11.4. The van der Waals surface area contributed by atoms with Gasteiger partial charge in [0, 0.05) is 19.5 Å². The Hall–Kier alpha value is -0.350. The first kappa shape index (κ1) is 14.7. The van der Waals surface area contributed by atoms with E-state index in [4.69, 9.17) is 0 Å². The minimum Gasteiger partial charge on any atom is -0.317 e. The highest BCUT2D eigenvalue weighted by atomic mass is 79.9. The van der Waals surface area contributed by atoms with Gasteiger partial charge in [-0.25, -0.2) is 0 Å². The molecule has 3 nitrogen and oxygen atoms in total. The minimum atomic E-state index is 0.548. The summed E-state index contributed by atoms with van der Waals surface area (Å²) >= 11 is 3.68. The smallest absolute Gasteiger partial charge is 0.0766 e. The van der Waals surface area contributed by atoms with Crippen LogP contribution >= 0.6 is 15.9 Å². The summed E-state index contributed by atoms with van der Waals surface area (Å²) in [5, 5.41) is 7.94. The summed E-state index contributed by atoms with van der Waals surface area (Å²) in [6.07, 6.45) is 5.78. The second-order valence-corrected chi connectivity index (χ2v) is 5.31. The maximum absolute atomic E-state index is 4.54. The van der Waals surface area contributed by atoms with Crippen molar-refractivity contribution < 1.29 is 0 Å². The Labute approximate surface area is 113 Å². The number of nitrogens with zero attached hydrogens (tertiary/aromatic N) is 2. The molecule has 0 aliphatic rings. The van der Waals surface area contributed by atoms with Gasteiger partial charge in [-0.15, -0.1) is 0 Å². The van der Waals surface area contributed by atoms with Crippen LogP contribution in [-0.2, 0) is 19.9 Å². The lowest BCUT2D eigenvalue weighted by Crippen LogP contribution is -2.28. The first-order valence-corrected chi connectivity index (χ1v) is 7.30. The van der Waals surface area contributed by atoms with E-state index in [9.17, 15) is 0 Å². The van der Waals surface area contributed by atoms with Crippen LogP contribution in [0.1, 0.15) is 44.5 Å². The number of unbranched alkanes of at least 4 members (excludes halogenated alkanes) is 1. The molecule has 0 fully saturated rings. The van der Waals surface area contributed by atoms with E-state index >= 15 is 0 Å². The fraction of sp³-hybridized carbons (Fsp3) is 0.769. The number of likely N-dealkylation sites (N-methyl/N-ethyl adjacent to an activating group) is 1. The molecule has 0 saturated heterocycles. The summed E-state index contributed by atoms with van der Waals surface area (Å²) < 4.78 is 3.21. The molecule has 0 radical (unpaired) electrons. The molecule has 1 atom stereocenters. The van der Waals surface area contributed by atoms with Crippen LogP contribution in [0.3, 0.4) is 0 Å². The van der Waals surface area contributed by atoms with Crippen molar-refractivity contribution in [2.75, 3.05) is 7.05 Å². The summed E-state index contributed by atoms with van der Waals surface area (Å²) in [5.74, 6) is 0. The average Bonchev–Trinajstić information content (AvgIpc) is 2.60. The average molecular weight is 302 g/mol. The fourth-order valence-corrected chi connectivity index (χ4v) is 2.85. The second-order valence-electron chi connectivity index (χ2n) is 4.52. The fourth-order valence-electron chi connectivity index (χ4n) is 2.07. The van der Waals surface area contributed by atoms with Crippen molar-refractivity contribution in [2.24, 2.45) is 7.05 Å². The van der Waals surface area contributed by atoms with E-state index in [1.54, 1.807) is 0 Å². The maximum atomic E-state index is 4.54. The third kappa shape index (κ3) is 3.81. The van der Waals surface area contributed by atoms with Gasteiger partial charge in [-0.1, -0.05) is 26.7 Å². The number of nitrogens with one attached hydrogen (secondary N) is 1. The van der Waals surface area contributed by atoms with Crippen molar-refractivity contribution in [3.8, 4) is 0 Å². The van der Waals surface area contributed by atoms with Gasteiger partial charge in [-0.2, -0.15) is 5.10 Å². The quantitative estimate of drug-likeness (QED) is 0.839. The monoisotopic (exact) mass is 301 g/mol. The van der Waals surface area contributed by atoms with Crippen LogP contribution in [-0.4, -0.2) is 22.9 Å². The largest absolute Gasteiger partial charge is 0.317 e. The molecule has 0 aliphatic carbocycles. The molecular formula is C13H24BrN3. The van der Waals surface area contributed by atoms with E-state index in [1.165, 1.54) is 29.4 Å². The van der Waals surface area contributed by atoms with E-state index in [2.05, 4.69) is 40.2 Å². The SMILES string of the molecule is CCCCC(Cc1c(Br)c(CC)nn1C)NC. The molecule has 98 valence electrons. The Kier molecular flexibility index (Phi) is 6.20. The molecule has 0 aliphatic heterocycles. The molecule has 0 aromatic carbocycles. The zero-order valence-corrected chi connectivity index (χ0v) is 13.0. The van der Waals surface area contributed by atoms with Gasteiger partial charge in [-0.3, -0.25) is 4.68 Å². The highest BCUT2D eigenvalue weighted by Crippen LogP contribution is 2.23. The summed E-state index contributed by atoms with van der Waals surface area (Å²) in [4.78, 5) is 0. The second kappa shape index (κ2) is 7.17. The normalized spacial score (nSPS) is 13.0. The van der Waals surface area contributed by atoms with Crippen molar-refractivity contribution in [3.05, 3.63) is 15.9 Å². The van der Waals surface area contributed by atoms with Crippen LogP contribution in [0.5, 0.6) is 0 Å². The van der Waals surface area contributed by atoms with Gasteiger partial charge in [0.05, 0.1) is 15.9 Å². The maximum Gasteiger partial charge on any atom is 0.0766 e. The predicted octanol–water partition coefficient (Wildman–Crippen LogP) is 3.07. The Morgan fingerprint density at radius 2 is 2.12 bits per heavy atom. The van der Waals surface area contributed by atoms with E-state index < -0.39 is 0 Å². The van der Waals surface area contributed by atoms with Crippen molar-refractivity contribution in [2.45, 2.75) is 52.0 Å². The highest BCUT2D eigenvalue weighted by Gasteiger charge is 2.16. The molecular weight excluding hydrogens is 278 g/mol. The third-order valence-corrected chi connectivity index (χ3v) is 4.17. The van der Waals surface area contributed by atoms with E-state index in [-0.39, 0.29) is 0 Å². The van der Waals surface area contributed by atoms with Crippen LogP contribution in [0.15, 0.2) is 4.47 Å². The number of hydrogen-bond acceptors (Lipinski definition) is 2. The van der Waals surface area contributed by atoms with Gasteiger partial charge >= 0.3 is 0 Å². The van der Waals surface area contributed by atoms with E-state index in [0.717, 1.165) is 18.5 Å². The van der Waals surface area contributed by atoms with Crippen LogP contribution in [0.2, 0.25) is 0 Å². The lowest BCUT2D eigenvalue weighted by atomic mass is 10.0. The van der Waals surface area contributed by atoms with Crippen molar-refractivity contribution in [3.63, 3.8) is 0 Å². The summed E-state index contributed by atoms with van der Waals surface area (Å²) in [6, 6.07) is 0.548. The number of halogens is 1. The van der Waals surface area contributed by atoms with Crippen LogP contribution in [0.4, 0.5) is 0 Å². The van der Waals surface area contributed by atoms with Gasteiger partial charge in [-0.05, 0) is 35.8 Å². The Bertz CT molecular complexity index is 347. The predicted molar refractivity (Wildman–Crippen MR) is 76.4 cm³/mol. The molecule has 0 saturated carbocycles. The lowest BCUT2D eigenvalue weighted by Gasteiger charge is -2.16. The number of rotatable bonds is 7. The van der Waals surface area contributed by atoms with Crippen LogP contribution in [0, 0.1) is 0 Å². The molecule has 17 heavy (non-hydrogen) atoms. The van der Waals surface area contributed by atoms with E-state index in [0.29, 0.717) is 6.04 Å². The number of hydrogen-bond donors (Lipinski definition) is 1. The molecule has 0 bridgehead atoms. The van der Waals surface area contributed by atoms with Gasteiger partial charge in [0.1, 0.15) is 0 Å². The van der Waals surface area contributed by atoms with Gasteiger partial charge in [0.2, 0.25) is 0 Å². The van der Waals surface area contributed by atoms with Crippen LogP contribution in [0.25, 0.3) is 0 Å². The summed E-state index contributed by atoms with van der Waals surface area (Å²) in [6.45, 7) is 4.38. The molecule has 4 heteroatoms. The summed E-state index contributed by atoms with van der Waals surface area (Å²) in [7, 11) is 4.08. The van der Waals surface area contributed by atoms with Crippen molar-refractivity contribution in [1.29, 1.82) is 0 Å². The van der Waals surface area contributed by atoms with Gasteiger partial charge in [0.25, 0.3) is 0 Å². The minimum absolute atomic E-state index is 0.548. The Morgan fingerprint density at radius 1 is 1.41 bits per heavy atom. The van der Waals surface area contributed by atoms with Crippen molar-refractivity contribution >= 4 is 15.9 Å². The number of aromatic nitrogens is 2. The molecule has 1 rings (SSSR count). The van der Waals surface area contributed by atoms with E-state index in [1.807, 2.05) is 18.8 Å². The molecule has 0 spiro atoms. The number of aryl methyl sites for hydroxylation is 2.